The van der Waals surface area contributed by atoms with Gasteiger partial charge in [-0.3, -0.25) is 0 Å². The molecule has 4 fully saturated rings. The average molecular weight is 332 g/mol. The maximum absolute atomic E-state index is 9.99. The zero-order chi connectivity index (χ0) is 16.8. The Balaban J connectivity index is 1.57. The summed E-state index contributed by atoms with van der Waals surface area (Å²) in [5.41, 5.74) is -0.0400. The van der Waals surface area contributed by atoms with Gasteiger partial charge < -0.3 is 35.0 Å². The molecule has 4 aliphatic rings. The van der Waals surface area contributed by atoms with Crippen LogP contribution in [0.2, 0.25) is 0 Å². The highest BCUT2D eigenvalue weighted by Gasteiger charge is 2.57. The molecule has 1 aliphatic heterocycles. The Morgan fingerprint density at radius 3 is 2.43 bits per heavy atom. The number of ether oxygens (including phenoxy) is 2. The maximum Gasteiger partial charge on any atom is 0.186 e. The lowest BCUT2D eigenvalue weighted by Gasteiger charge is -2.61. The highest BCUT2D eigenvalue weighted by Crippen LogP contribution is 2.61. The molecule has 1 heterocycles. The zero-order valence-corrected chi connectivity index (χ0v) is 13.4. The lowest BCUT2D eigenvalue weighted by Crippen LogP contribution is -2.60. The van der Waals surface area contributed by atoms with E-state index in [0.717, 1.165) is 19.3 Å². The van der Waals surface area contributed by atoms with Crippen LogP contribution in [0, 0.1) is 23.2 Å². The molecule has 134 valence electrons. The van der Waals surface area contributed by atoms with E-state index in [1.807, 2.05) is 0 Å². The van der Waals surface area contributed by atoms with Crippen molar-refractivity contribution in [3.63, 3.8) is 0 Å². The van der Waals surface area contributed by atoms with Crippen molar-refractivity contribution in [3.8, 4) is 0 Å². The van der Waals surface area contributed by atoms with Gasteiger partial charge in [-0.1, -0.05) is 6.92 Å². The zero-order valence-electron chi connectivity index (χ0n) is 13.4. The lowest BCUT2D eigenvalue weighted by atomic mass is 9.45. The minimum absolute atomic E-state index is 0.0400. The minimum atomic E-state index is -1.41. The molecule has 0 aromatic carbocycles. The Kier molecular flexibility index (Phi) is 5.00. The highest BCUT2D eigenvalue weighted by molar-refractivity contribution is 5.05. The summed E-state index contributed by atoms with van der Waals surface area (Å²) < 4.78 is 11.0. The number of aliphatic hydroxyl groups is 5. The molecular formula is C16H28O7. The van der Waals surface area contributed by atoms with E-state index in [1.165, 1.54) is 0 Å². The Morgan fingerprint density at radius 2 is 1.83 bits per heavy atom. The van der Waals surface area contributed by atoms with Crippen molar-refractivity contribution in [1.82, 2.24) is 0 Å². The monoisotopic (exact) mass is 332 g/mol. The van der Waals surface area contributed by atoms with Crippen molar-refractivity contribution in [2.24, 2.45) is 23.2 Å². The van der Waals surface area contributed by atoms with Crippen LogP contribution in [0.25, 0.3) is 0 Å². The second-order valence-electron chi connectivity index (χ2n) is 7.57. The summed E-state index contributed by atoms with van der Waals surface area (Å²) in [4.78, 5) is 0. The van der Waals surface area contributed by atoms with Crippen molar-refractivity contribution >= 4 is 0 Å². The van der Waals surface area contributed by atoms with E-state index in [4.69, 9.17) is 9.47 Å². The number of hydrogen-bond acceptors (Lipinski definition) is 7. The quantitative estimate of drug-likeness (QED) is 0.431. The van der Waals surface area contributed by atoms with Gasteiger partial charge in [0.05, 0.1) is 13.2 Å². The highest BCUT2D eigenvalue weighted by atomic mass is 16.7. The summed E-state index contributed by atoms with van der Waals surface area (Å²) in [6, 6.07) is 0. The van der Waals surface area contributed by atoms with Crippen molar-refractivity contribution in [3.05, 3.63) is 0 Å². The fraction of sp³-hybridized carbons (Fsp3) is 1.00. The molecule has 2 bridgehead atoms. The van der Waals surface area contributed by atoms with Gasteiger partial charge in [0, 0.05) is 6.61 Å². The molecule has 23 heavy (non-hydrogen) atoms. The van der Waals surface area contributed by atoms with Gasteiger partial charge in [-0.15, -0.1) is 0 Å². The number of hydrogen-bond donors (Lipinski definition) is 5. The fourth-order valence-corrected chi connectivity index (χ4v) is 4.65. The molecular weight excluding hydrogens is 304 g/mol. The number of rotatable bonds is 5. The molecule has 1 unspecified atom stereocenters. The van der Waals surface area contributed by atoms with Crippen LogP contribution < -0.4 is 0 Å². The van der Waals surface area contributed by atoms with Crippen LogP contribution in [0.3, 0.4) is 0 Å². The normalized spacial score (nSPS) is 53.0. The third-order valence-corrected chi connectivity index (χ3v) is 6.44. The van der Waals surface area contributed by atoms with Gasteiger partial charge in [-0.25, -0.2) is 0 Å². The van der Waals surface area contributed by atoms with Gasteiger partial charge in [-0.2, -0.15) is 0 Å². The van der Waals surface area contributed by atoms with Gasteiger partial charge in [0.15, 0.2) is 6.29 Å². The summed E-state index contributed by atoms with van der Waals surface area (Å²) in [6.45, 7) is 2.21. The van der Waals surface area contributed by atoms with Gasteiger partial charge in [-0.05, 0) is 42.4 Å². The van der Waals surface area contributed by atoms with Gasteiger partial charge >= 0.3 is 0 Å². The molecule has 0 aromatic heterocycles. The van der Waals surface area contributed by atoms with E-state index in [2.05, 4.69) is 6.92 Å². The third-order valence-electron chi connectivity index (χ3n) is 6.44. The van der Waals surface area contributed by atoms with Crippen molar-refractivity contribution in [2.45, 2.75) is 56.9 Å². The molecule has 3 saturated carbocycles. The van der Waals surface area contributed by atoms with E-state index in [9.17, 15) is 25.5 Å². The topological polar surface area (TPSA) is 120 Å². The van der Waals surface area contributed by atoms with Crippen LogP contribution >= 0.6 is 0 Å². The van der Waals surface area contributed by atoms with Crippen molar-refractivity contribution in [2.75, 3.05) is 19.8 Å². The summed E-state index contributed by atoms with van der Waals surface area (Å²) >= 11 is 0. The Morgan fingerprint density at radius 1 is 1.09 bits per heavy atom. The van der Waals surface area contributed by atoms with Crippen molar-refractivity contribution in [1.29, 1.82) is 0 Å². The van der Waals surface area contributed by atoms with Crippen LogP contribution in [0.4, 0.5) is 0 Å². The summed E-state index contributed by atoms with van der Waals surface area (Å²) in [6.07, 6.45) is -2.96. The minimum Gasteiger partial charge on any atom is -0.396 e. The van der Waals surface area contributed by atoms with Crippen LogP contribution in [-0.4, -0.2) is 76.1 Å². The summed E-state index contributed by atoms with van der Waals surface area (Å²) in [5, 5.41) is 48.4. The van der Waals surface area contributed by atoms with Gasteiger partial charge in [0.2, 0.25) is 0 Å². The summed E-state index contributed by atoms with van der Waals surface area (Å²) in [5.74, 6) is 1.27. The van der Waals surface area contributed by atoms with Gasteiger partial charge in [0.25, 0.3) is 0 Å². The number of aliphatic hydroxyl groups excluding tert-OH is 5. The Labute approximate surface area is 135 Å². The Bertz CT molecular complexity index is 415. The molecule has 4 rings (SSSR count). The molecule has 7 nitrogen and oxygen atoms in total. The smallest absolute Gasteiger partial charge is 0.186 e. The van der Waals surface area contributed by atoms with E-state index in [1.54, 1.807) is 0 Å². The molecule has 9 atom stereocenters. The first-order valence-corrected chi connectivity index (χ1v) is 8.45. The second-order valence-corrected chi connectivity index (χ2v) is 7.57. The van der Waals surface area contributed by atoms with Crippen LogP contribution in [-0.2, 0) is 9.47 Å². The molecule has 5 N–H and O–H groups in total. The van der Waals surface area contributed by atoms with E-state index < -0.39 is 37.3 Å². The first kappa shape index (κ1) is 17.5. The predicted molar refractivity (Wildman–Crippen MR) is 79.2 cm³/mol. The molecule has 3 aliphatic carbocycles. The number of fused-ring (bicyclic) bond motifs is 2. The molecule has 7 heteroatoms. The SMILES string of the molecule is C[C@@]1(CO)[C@@H]2CCC(CO[C@@H]3O[C@H](CO)[C@@H](O)[C@H](O)[C@H]3O)[C@H]1C2. The van der Waals surface area contributed by atoms with E-state index >= 15 is 0 Å². The van der Waals surface area contributed by atoms with Crippen LogP contribution in [0.5, 0.6) is 0 Å². The Hall–Kier alpha value is -0.280. The first-order valence-electron chi connectivity index (χ1n) is 8.45. The van der Waals surface area contributed by atoms with Crippen LogP contribution in [0.1, 0.15) is 26.2 Å². The van der Waals surface area contributed by atoms with Crippen molar-refractivity contribution < 1.29 is 35.0 Å². The lowest BCUT2D eigenvalue weighted by molar-refractivity contribution is -0.307. The maximum atomic E-state index is 9.99. The van der Waals surface area contributed by atoms with Gasteiger partial charge in [0.1, 0.15) is 24.4 Å². The predicted octanol–water partition coefficient (Wildman–Crippen LogP) is -1.15. The molecule has 1 saturated heterocycles. The fourth-order valence-electron chi connectivity index (χ4n) is 4.65. The first-order chi connectivity index (χ1) is 10.9. The largest absolute Gasteiger partial charge is 0.396 e. The molecule has 0 amide bonds. The molecule has 0 radical (unpaired) electrons. The third kappa shape index (κ3) is 2.82. The second kappa shape index (κ2) is 6.55. The standard InChI is InChI=1S/C16H28O7/c1-16(7-18)9-3-2-8(10(16)4-9)6-22-15-14(21)13(20)12(19)11(5-17)23-15/h8-15,17-21H,2-7H2,1H3/t8?,9-,10-,11-,12-,13+,14-,15-,16-/m1/s1. The van der Waals surface area contributed by atoms with E-state index in [0.29, 0.717) is 18.4 Å². The molecule has 0 spiro atoms. The van der Waals surface area contributed by atoms with E-state index in [-0.39, 0.29) is 17.9 Å². The van der Waals surface area contributed by atoms with Crippen LogP contribution in [0.15, 0.2) is 0 Å². The average Bonchev–Trinajstić information content (AvgIpc) is 2.58. The summed E-state index contributed by atoms with van der Waals surface area (Å²) in [7, 11) is 0. The molecule has 0 aromatic rings.